The van der Waals surface area contributed by atoms with Crippen LogP contribution in [0.2, 0.25) is 0 Å². The summed E-state index contributed by atoms with van der Waals surface area (Å²) in [5.41, 5.74) is 0. The fourth-order valence-corrected chi connectivity index (χ4v) is 2.16. The van der Waals surface area contributed by atoms with Crippen LogP contribution in [0.5, 0.6) is 0 Å². The molecule has 5 heteroatoms. The van der Waals surface area contributed by atoms with Gasteiger partial charge in [0.25, 0.3) is 0 Å². The molecule has 13 heavy (non-hydrogen) atoms. The highest BCUT2D eigenvalue weighted by Crippen LogP contribution is 2.38. The molecule has 0 bridgehead atoms. The van der Waals surface area contributed by atoms with Crippen LogP contribution in [0.15, 0.2) is 5.16 Å². The van der Waals surface area contributed by atoms with Crippen LogP contribution in [0.25, 0.3) is 0 Å². The maximum absolute atomic E-state index is 5.09. The van der Waals surface area contributed by atoms with Gasteiger partial charge in [-0.25, -0.2) is 4.98 Å². The van der Waals surface area contributed by atoms with Crippen molar-refractivity contribution in [1.29, 1.82) is 0 Å². The molecule has 1 aliphatic heterocycles. The number of H-pyrrole nitrogens is 1. The standard InChI is InChI=1S/C8H11N3OS/c1-2-5(1)7-9-8(11-10-7)13-6-3-12-4-6/h5-6H,1-4H2,(H,9,10,11). The number of nitrogens with one attached hydrogen (secondary N) is 1. The number of aromatic amines is 1. The Hall–Kier alpha value is -0.550. The highest BCUT2D eigenvalue weighted by molar-refractivity contribution is 7.99. The van der Waals surface area contributed by atoms with Crippen LogP contribution < -0.4 is 0 Å². The molecule has 1 N–H and O–H groups in total. The highest BCUT2D eigenvalue weighted by atomic mass is 32.2. The molecule has 4 nitrogen and oxygen atoms in total. The summed E-state index contributed by atoms with van der Waals surface area (Å²) >= 11 is 1.72. The lowest BCUT2D eigenvalue weighted by atomic mass is 10.4. The molecule has 0 amide bonds. The van der Waals surface area contributed by atoms with Gasteiger partial charge in [0.2, 0.25) is 5.16 Å². The Morgan fingerprint density at radius 1 is 1.38 bits per heavy atom. The number of hydrogen-bond acceptors (Lipinski definition) is 4. The third kappa shape index (κ3) is 1.58. The number of nitrogens with zero attached hydrogens (tertiary/aromatic N) is 2. The van der Waals surface area contributed by atoms with Gasteiger partial charge >= 0.3 is 0 Å². The number of hydrogen-bond donors (Lipinski definition) is 1. The van der Waals surface area contributed by atoms with E-state index >= 15 is 0 Å². The molecule has 0 spiro atoms. The Morgan fingerprint density at radius 3 is 2.85 bits per heavy atom. The maximum atomic E-state index is 5.09. The van der Waals surface area contributed by atoms with Crippen molar-refractivity contribution in [3.05, 3.63) is 5.82 Å². The second-order valence-corrected chi connectivity index (χ2v) is 4.82. The summed E-state index contributed by atoms with van der Waals surface area (Å²) < 4.78 is 5.09. The van der Waals surface area contributed by atoms with Crippen molar-refractivity contribution in [2.24, 2.45) is 0 Å². The number of aromatic nitrogens is 3. The summed E-state index contributed by atoms with van der Waals surface area (Å²) in [4.78, 5) is 4.43. The van der Waals surface area contributed by atoms with Crippen molar-refractivity contribution >= 4 is 11.8 Å². The van der Waals surface area contributed by atoms with E-state index < -0.39 is 0 Å². The molecule has 0 radical (unpaired) electrons. The summed E-state index contributed by atoms with van der Waals surface area (Å²) in [6.07, 6.45) is 2.54. The van der Waals surface area contributed by atoms with Crippen molar-refractivity contribution in [2.75, 3.05) is 13.2 Å². The SMILES string of the molecule is C1OCC1Sc1n[nH]c(C2CC2)n1. The first kappa shape index (κ1) is 7.82. The van der Waals surface area contributed by atoms with E-state index in [9.17, 15) is 0 Å². The van der Waals surface area contributed by atoms with Crippen molar-refractivity contribution in [3.8, 4) is 0 Å². The van der Waals surface area contributed by atoms with E-state index in [1.807, 2.05) is 0 Å². The van der Waals surface area contributed by atoms with Gasteiger partial charge in [-0.3, -0.25) is 5.10 Å². The largest absolute Gasteiger partial charge is 0.379 e. The van der Waals surface area contributed by atoms with E-state index in [1.165, 1.54) is 12.8 Å². The smallest absolute Gasteiger partial charge is 0.208 e. The fraction of sp³-hybridized carbons (Fsp3) is 0.750. The summed E-state index contributed by atoms with van der Waals surface area (Å²) in [6, 6.07) is 0. The minimum atomic E-state index is 0.572. The number of rotatable bonds is 3. The Balaban J connectivity index is 1.66. The predicted octanol–water partition coefficient (Wildman–Crippen LogP) is 1.17. The summed E-state index contributed by atoms with van der Waals surface area (Å²) in [5.74, 6) is 1.74. The molecule has 0 aromatic carbocycles. The molecule has 2 aliphatic rings. The Kier molecular flexibility index (Phi) is 1.80. The summed E-state index contributed by atoms with van der Waals surface area (Å²) in [7, 11) is 0. The molecule has 70 valence electrons. The molecule has 1 aromatic heterocycles. The zero-order chi connectivity index (χ0) is 8.67. The number of ether oxygens (including phenoxy) is 1. The average molecular weight is 197 g/mol. The Labute approximate surface area is 80.5 Å². The van der Waals surface area contributed by atoms with Crippen molar-refractivity contribution in [3.63, 3.8) is 0 Å². The Bertz CT molecular complexity index is 306. The summed E-state index contributed by atoms with van der Waals surface area (Å²) in [5, 5.41) is 8.63. The molecule has 2 fully saturated rings. The molecule has 1 saturated heterocycles. The van der Waals surface area contributed by atoms with E-state index in [0.29, 0.717) is 11.2 Å². The van der Waals surface area contributed by atoms with Gasteiger partial charge in [0, 0.05) is 5.92 Å². The normalized spacial score (nSPS) is 23.1. The zero-order valence-electron chi connectivity index (χ0n) is 7.19. The molecule has 0 atom stereocenters. The quantitative estimate of drug-likeness (QED) is 0.790. The van der Waals surface area contributed by atoms with Gasteiger partial charge in [-0.2, -0.15) is 0 Å². The molecule has 1 aromatic rings. The van der Waals surface area contributed by atoms with Crippen LogP contribution in [0.4, 0.5) is 0 Å². The first-order valence-corrected chi connectivity index (χ1v) is 5.46. The highest BCUT2D eigenvalue weighted by Gasteiger charge is 2.28. The molecule has 2 heterocycles. The van der Waals surface area contributed by atoms with Crippen LogP contribution in [-0.2, 0) is 4.74 Å². The molecular weight excluding hydrogens is 186 g/mol. The van der Waals surface area contributed by atoms with E-state index in [1.54, 1.807) is 11.8 Å². The van der Waals surface area contributed by atoms with E-state index in [-0.39, 0.29) is 0 Å². The van der Waals surface area contributed by atoms with E-state index in [0.717, 1.165) is 24.2 Å². The van der Waals surface area contributed by atoms with Crippen LogP contribution in [-0.4, -0.2) is 33.6 Å². The molecule has 3 rings (SSSR count). The van der Waals surface area contributed by atoms with Crippen LogP contribution >= 0.6 is 11.8 Å². The summed E-state index contributed by atoms with van der Waals surface area (Å²) in [6.45, 7) is 1.69. The van der Waals surface area contributed by atoms with Crippen LogP contribution in [0.3, 0.4) is 0 Å². The third-order valence-corrected chi connectivity index (χ3v) is 3.32. The molecular formula is C8H11N3OS. The van der Waals surface area contributed by atoms with Gasteiger partial charge in [0.1, 0.15) is 5.82 Å². The van der Waals surface area contributed by atoms with Crippen LogP contribution in [0, 0.1) is 0 Å². The van der Waals surface area contributed by atoms with Gasteiger partial charge in [-0.1, -0.05) is 11.8 Å². The van der Waals surface area contributed by atoms with Crippen molar-refractivity contribution in [2.45, 2.75) is 29.2 Å². The molecule has 1 saturated carbocycles. The third-order valence-electron chi connectivity index (χ3n) is 2.33. The minimum Gasteiger partial charge on any atom is -0.379 e. The Morgan fingerprint density at radius 2 is 2.23 bits per heavy atom. The minimum absolute atomic E-state index is 0.572. The van der Waals surface area contributed by atoms with E-state index in [2.05, 4.69) is 15.2 Å². The monoisotopic (exact) mass is 197 g/mol. The van der Waals surface area contributed by atoms with Gasteiger partial charge in [0.15, 0.2) is 0 Å². The van der Waals surface area contributed by atoms with Gasteiger partial charge in [-0.05, 0) is 12.8 Å². The van der Waals surface area contributed by atoms with E-state index in [4.69, 9.17) is 4.74 Å². The first-order chi connectivity index (χ1) is 6.42. The lowest BCUT2D eigenvalue weighted by Gasteiger charge is -2.23. The van der Waals surface area contributed by atoms with Crippen molar-refractivity contribution in [1.82, 2.24) is 15.2 Å². The predicted molar refractivity (Wildman–Crippen MR) is 48.8 cm³/mol. The topological polar surface area (TPSA) is 50.8 Å². The van der Waals surface area contributed by atoms with Gasteiger partial charge in [-0.15, -0.1) is 5.10 Å². The number of thioether (sulfide) groups is 1. The van der Waals surface area contributed by atoms with Crippen molar-refractivity contribution < 1.29 is 4.74 Å². The zero-order valence-corrected chi connectivity index (χ0v) is 8.01. The second-order valence-electron chi connectivity index (χ2n) is 3.55. The lowest BCUT2D eigenvalue weighted by molar-refractivity contribution is 0.0454. The lowest BCUT2D eigenvalue weighted by Crippen LogP contribution is -2.30. The average Bonchev–Trinajstić information content (AvgIpc) is 2.80. The molecule has 1 aliphatic carbocycles. The fourth-order valence-electron chi connectivity index (χ4n) is 1.28. The second kappa shape index (κ2) is 2.99. The van der Waals surface area contributed by atoms with Crippen LogP contribution in [0.1, 0.15) is 24.6 Å². The first-order valence-electron chi connectivity index (χ1n) is 4.58. The molecule has 0 unspecified atom stereocenters. The van der Waals surface area contributed by atoms with Gasteiger partial charge < -0.3 is 4.74 Å². The maximum Gasteiger partial charge on any atom is 0.208 e. The van der Waals surface area contributed by atoms with Gasteiger partial charge in [0.05, 0.1) is 18.5 Å².